The molecule has 0 aromatic rings. The van der Waals surface area contributed by atoms with Gasteiger partial charge in [-0.1, -0.05) is 19.3 Å². The third-order valence-electron chi connectivity index (χ3n) is 2.36. The summed E-state index contributed by atoms with van der Waals surface area (Å²) in [6.45, 7) is 2.34. The van der Waals surface area contributed by atoms with Gasteiger partial charge < -0.3 is 5.32 Å². The largest absolute Gasteiger partial charge is 0.345 e. The van der Waals surface area contributed by atoms with Gasteiger partial charge in [-0.15, -0.1) is 6.42 Å². The molecule has 1 saturated carbocycles. The molecule has 1 aliphatic carbocycles. The molecule has 0 aromatic carbocycles. The van der Waals surface area contributed by atoms with Crippen molar-refractivity contribution in [1.82, 2.24) is 5.32 Å². The van der Waals surface area contributed by atoms with Crippen LogP contribution in [-0.2, 0) is 4.79 Å². The maximum Gasteiger partial charge on any atom is 0.226 e. The highest BCUT2D eigenvalue weighted by Crippen LogP contribution is 2.40. The van der Waals surface area contributed by atoms with Gasteiger partial charge in [-0.2, -0.15) is 0 Å². The first-order valence-electron chi connectivity index (χ1n) is 3.91. The van der Waals surface area contributed by atoms with Gasteiger partial charge >= 0.3 is 0 Å². The van der Waals surface area contributed by atoms with Gasteiger partial charge in [0.25, 0.3) is 0 Å². The summed E-state index contributed by atoms with van der Waals surface area (Å²) in [7, 11) is 0. The average Bonchev–Trinajstić information content (AvgIpc) is 1.95. The number of nitrogens with one attached hydrogen (secondary N) is 1. The van der Waals surface area contributed by atoms with Crippen LogP contribution < -0.4 is 5.32 Å². The molecule has 1 N–H and O–H groups in total. The molecule has 0 spiro atoms. The smallest absolute Gasteiger partial charge is 0.226 e. The molecule has 1 aliphatic rings. The van der Waals surface area contributed by atoms with Crippen LogP contribution in [0.15, 0.2) is 0 Å². The molecule has 1 rings (SSSR count). The Balaban J connectivity index is 2.36. The van der Waals surface area contributed by atoms with Crippen molar-refractivity contribution in [1.29, 1.82) is 0 Å². The minimum absolute atomic E-state index is 0.113. The number of hydrogen-bond acceptors (Lipinski definition) is 1. The van der Waals surface area contributed by atoms with Crippen LogP contribution in [0.2, 0.25) is 0 Å². The van der Waals surface area contributed by atoms with Crippen molar-refractivity contribution in [3.8, 4) is 12.3 Å². The second-order valence-electron chi connectivity index (χ2n) is 3.30. The molecule has 1 fully saturated rings. The summed E-state index contributed by atoms with van der Waals surface area (Å²) in [5.74, 6) is 2.50. The van der Waals surface area contributed by atoms with Crippen LogP contribution in [0.1, 0.15) is 26.2 Å². The molecule has 0 radical (unpaired) electrons. The van der Waals surface area contributed by atoms with Gasteiger partial charge in [0.05, 0.1) is 6.54 Å². The van der Waals surface area contributed by atoms with E-state index >= 15 is 0 Å². The van der Waals surface area contributed by atoms with Gasteiger partial charge in [0.15, 0.2) is 0 Å². The first-order valence-corrected chi connectivity index (χ1v) is 3.91. The summed E-state index contributed by atoms with van der Waals surface area (Å²) < 4.78 is 0. The number of amides is 1. The lowest BCUT2D eigenvalue weighted by Crippen LogP contribution is -2.43. The van der Waals surface area contributed by atoms with E-state index in [2.05, 4.69) is 11.2 Å². The van der Waals surface area contributed by atoms with Crippen molar-refractivity contribution in [3.05, 3.63) is 0 Å². The summed E-state index contributed by atoms with van der Waals surface area (Å²) in [4.78, 5) is 11.3. The van der Waals surface area contributed by atoms with Crippen molar-refractivity contribution in [2.45, 2.75) is 26.2 Å². The van der Waals surface area contributed by atoms with Crippen LogP contribution in [0.5, 0.6) is 0 Å². The normalized spacial score (nSPS) is 19.6. The summed E-state index contributed by atoms with van der Waals surface area (Å²) in [6, 6.07) is 0. The molecule has 0 aliphatic heterocycles. The topological polar surface area (TPSA) is 29.1 Å². The second kappa shape index (κ2) is 2.96. The van der Waals surface area contributed by atoms with Crippen LogP contribution in [0, 0.1) is 17.8 Å². The molecular formula is C9H13NO. The highest BCUT2D eigenvalue weighted by atomic mass is 16.2. The number of hydrogen-bond donors (Lipinski definition) is 1. The Morgan fingerprint density at radius 2 is 2.36 bits per heavy atom. The Hall–Kier alpha value is -0.970. The van der Waals surface area contributed by atoms with E-state index < -0.39 is 0 Å². The van der Waals surface area contributed by atoms with E-state index in [0.29, 0.717) is 6.54 Å². The predicted octanol–water partition coefficient (Wildman–Crippen LogP) is 0.926. The van der Waals surface area contributed by atoms with Gasteiger partial charge in [0, 0.05) is 5.41 Å². The lowest BCUT2D eigenvalue weighted by molar-refractivity contribution is -0.134. The van der Waals surface area contributed by atoms with E-state index in [9.17, 15) is 4.79 Å². The molecule has 60 valence electrons. The highest BCUT2D eigenvalue weighted by molar-refractivity contribution is 5.83. The molecule has 1 amide bonds. The fraction of sp³-hybridized carbons (Fsp3) is 0.667. The summed E-state index contributed by atoms with van der Waals surface area (Å²) in [5, 5.41) is 2.70. The SMILES string of the molecule is C#CCNC(=O)C1(C)CCC1. The molecule has 0 heterocycles. The average molecular weight is 151 g/mol. The van der Waals surface area contributed by atoms with Crippen molar-refractivity contribution >= 4 is 5.91 Å². The molecule has 2 heteroatoms. The first kappa shape index (κ1) is 8.13. The van der Waals surface area contributed by atoms with Crippen molar-refractivity contribution in [3.63, 3.8) is 0 Å². The Bertz CT molecular complexity index is 198. The first-order chi connectivity index (χ1) is 5.19. The monoisotopic (exact) mass is 151 g/mol. The number of carbonyl (C=O) groups excluding carboxylic acids is 1. The standard InChI is InChI=1S/C9H13NO/c1-3-7-10-8(11)9(2)5-4-6-9/h1H,4-7H2,2H3,(H,10,11). The van der Waals surface area contributed by atoms with Crippen molar-refractivity contribution in [2.24, 2.45) is 5.41 Å². The summed E-state index contributed by atoms with van der Waals surface area (Å²) in [6.07, 6.45) is 8.19. The van der Waals surface area contributed by atoms with Gasteiger partial charge in [0.1, 0.15) is 0 Å². The lowest BCUT2D eigenvalue weighted by Gasteiger charge is -2.36. The zero-order chi connectivity index (χ0) is 8.32. The van der Waals surface area contributed by atoms with E-state index in [1.807, 2.05) is 6.92 Å². The Morgan fingerprint density at radius 3 is 2.73 bits per heavy atom. The van der Waals surface area contributed by atoms with Crippen LogP contribution in [0.4, 0.5) is 0 Å². The maximum absolute atomic E-state index is 11.3. The third-order valence-corrected chi connectivity index (χ3v) is 2.36. The van der Waals surface area contributed by atoms with Gasteiger partial charge in [-0.25, -0.2) is 0 Å². The molecule has 0 unspecified atom stereocenters. The maximum atomic E-state index is 11.3. The molecular weight excluding hydrogens is 138 g/mol. The Labute approximate surface area is 67.4 Å². The number of rotatable bonds is 2. The zero-order valence-corrected chi connectivity index (χ0v) is 6.81. The molecule has 0 bridgehead atoms. The van der Waals surface area contributed by atoms with Crippen molar-refractivity contribution in [2.75, 3.05) is 6.54 Å². The number of terminal acetylenes is 1. The second-order valence-corrected chi connectivity index (χ2v) is 3.30. The predicted molar refractivity (Wildman–Crippen MR) is 43.8 cm³/mol. The molecule has 0 saturated heterocycles. The minimum Gasteiger partial charge on any atom is -0.345 e. The quantitative estimate of drug-likeness (QED) is 0.584. The van der Waals surface area contributed by atoms with E-state index in [0.717, 1.165) is 12.8 Å². The van der Waals surface area contributed by atoms with Gasteiger partial charge in [-0.3, -0.25) is 4.79 Å². The van der Waals surface area contributed by atoms with Crippen molar-refractivity contribution < 1.29 is 4.79 Å². The van der Waals surface area contributed by atoms with E-state index in [1.165, 1.54) is 6.42 Å². The van der Waals surface area contributed by atoms with Crippen LogP contribution in [-0.4, -0.2) is 12.5 Å². The van der Waals surface area contributed by atoms with E-state index in [-0.39, 0.29) is 11.3 Å². The third kappa shape index (κ3) is 1.54. The Kier molecular flexibility index (Phi) is 2.19. The summed E-state index contributed by atoms with van der Waals surface area (Å²) >= 11 is 0. The Morgan fingerprint density at radius 1 is 1.73 bits per heavy atom. The number of carbonyl (C=O) groups is 1. The van der Waals surface area contributed by atoms with Crippen LogP contribution in [0.3, 0.4) is 0 Å². The van der Waals surface area contributed by atoms with Gasteiger partial charge in [-0.05, 0) is 12.8 Å². The fourth-order valence-corrected chi connectivity index (χ4v) is 1.28. The molecule has 2 nitrogen and oxygen atoms in total. The molecule has 0 aromatic heterocycles. The molecule has 0 atom stereocenters. The summed E-state index contributed by atoms with van der Waals surface area (Å²) in [5.41, 5.74) is -0.114. The van der Waals surface area contributed by atoms with E-state index in [4.69, 9.17) is 6.42 Å². The zero-order valence-electron chi connectivity index (χ0n) is 6.81. The highest BCUT2D eigenvalue weighted by Gasteiger charge is 2.38. The molecule has 11 heavy (non-hydrogen) atoms. The van der Waals surface area contributed by atoms with Crippen LogP contribution >= 0.6 is 0 Å². The van der Waals surface area contributed by atoms with E-state index in [1.54, 1.807) is 0 Å². The minimum atomic E-state index is -0.114. The lowest BCUT2D eigenvalue weighted by atomic mass is 9.70. The van der Waals surface area contributed by atoms with Gasteiger partial charge in [0.2, 0.25) is 5.91 Å². The van der Waals surface area contributed by atoms with Crippen LogP contribution in [0.25, 0.3) is 0 Å². The fourth-order valence-electron chi connectivity index (χ4n) is 1.28.